The standard InChI is InChI=1S/C16H15ClN2S/c17-15-13-8-20-9-14(13)18-16(19-15)12-6-5-10-3-1-2-4-11(10)7-12/h1-4,12H,5-9H2. The molecule has 2 aliphatic rings. The zero-order valence-corrected chi connectivity index (χ0v) is 12.7. The van der Waals surface area contributed by atoms with E-state index in [4.69, 9.17) is 16.6 Å². The van der Waals surface area contributed by atoms with Crippen molar-refractivity contribution in [2.45, 2.75) is 36.7 Å². The molecule has 2 heterocycles. The van der Waals surface area contributed by atoms with E-state index >= 15 is 0 Å². The van der Waals surface area contributed by atoms with Gasteiger partial charge in [-0.15, -0.1) is 0 Å². The van der Waals surface area contributed by atoms with Crippen LogP contribution >= 0.6 is 23.4 Å². The third-order valence-electron chi connectivity index (χ3n) is 4.26. The van der Waals surface area contributed by atoms with Crippen LogP contribution in [0.15, 0.2) is 24.3 Å². The summed E-state index contributed by atoms with van der Waals surface area (Å²) in [7, 11) is 0. The maximum atomic E-state index is 6.33. The van der Waals surface area contributed by atoms with E-state index in [9.17, 15) is 0 Å². The normalized spacial score (nSPS) is 20.6. The Morgan fingerprint density at radius 1 is 1.10 bits per heavy atom. The highest BCUT2D eigenvalue weighted by atomic mass is 35.5. The molecule has 1 aliphatic heterocycles. The molecule has 0 amide bonds. The monoisotopic (exact) mass is 302 g/mol. The second-order valence-electron chi connectivity index (χ2n) is 5.50. The first-order valence-corrected chi connectivity index (χ1v) is 8.54. The first-order valence-electron chi connectivity index (χ1n) is 7.01. The molecule has 0 radical (unpaired) electrons. The van der Waals surface area contributed by atoms with E-state index in [-0.39, 0.29) is 0 Å². The summed E-state index contributed by atoms with van der Waals surface area (Å²) < 4.78 is 0. The predicted octanol–water partition coefficient (Wildman–Crippen LogP) is 4.15. The fourth-order valence-corrected chi connectivity index (χ4v) is 4.51. The van der Waals surface area contributed by atoms with E-state index in [1.54, 1.807) is 0 Å². The van der Waals surface area contributed by atoms with Crippen molar-refractivity contribution in [3.63, 3.8) is 0 Å². The van der Waals surface area contributed by atoms with Crippen LogP contribution in [0.3, 0.4) is 0 Å². The first-order chi connectivity index (χ1) is 9.81. The van der Waals surface area contributed by atoms with Gasteiger partial charge in [0, 0.05) is 23.0 Å². The van der Waals surface area contributed by atoms with Gasteiger partial charge in [0.2, 0.25) is 0 Å². The maximum absolute atomic E-state index is 6.33. The summed E-state index contributed by atoms with van der Waals surface area (Å²) in [6, 6.07) is 8.71. The van der Waals surface area contributed by atoms with Gasteiger partial charge in [0.1, 0.15) is 11.0 Å². The highest BCUT2D eigenvalue weighted by Gasteiger charge is 2.25. The van der Waals surface area contributed by atoms with E-state index in [0.717, 1.165) is 47.8 Å². The van der Waals surface area contributed by atoms with E-state index in [2.05, 4.69) is 29.2 Å². The Morgan fingerprint density at radius 3 is 2.85 bits per heavy atom. The van der Waals surface area contributed by atoms with Gasteiger partial charge in [-0.1, -0.05) is 35.9 Å². The van der Waals surface area contributed by atoms with Crippen LogP contribution in [0.5, 0.6) is 0 Å². The van der Waals surface area contributed by atoms with Gasteiger partial charge in [-0.05, 0) is 30.4 Å². The van der Waals surface area contributed by atoms with Gasteiger partial charge in [-0.25, -0.2) is 9.97 Å². The zero-order valence-electron chi connectivity index (χ0n) is 11.1. The Labute approximate surface area is 128 Å². The molecule has 0 bridgehead atoms. The van der Waals surface area contributed by atoms with E-state index in [1.165, 1.54) is 11.1 Å². The molecule has 2 aromatic rings. The topological polar surface area (TPSA) is 25.8 Å². The van der Waals surface area contributed by atoms with Crippen LogP contribution in [0, 0.1) is 0 Å². The minimum absolute atomic E-state index is 0.415. The van der Waals surface area contributed by atoms with Crippen LogP contribution in [-0.4, -0.2) is 9.97 Å². The number of fused-ring (bicyclic) bond motifs is 2. The van der Waals surface area contributed by atoms with Gasteiger partial charge in [0.25, 0.3) is 0 Å². The number of thioether (sulfide) groups is 1. The number of halogens is 1. The van der Waals surface area contributed by atoms with Crippen LogP contribution in [0.1, 0.15) is 40.5 Å². The predicted molar refractivity (Wildman–Crippen MR) is 83.2 cm³/mol. The molecule has 2 nitrogen and oxygen atoms in total. The lowest BCUT2D eigenvalue weighted by Gasteiger charge is -2.23. The molecule has 0 fully saturated rings. The molecule has 20 heavy (non-hydrogen) atoms. The van der Waals surface area contributed by atoms with Crippen LogP contribution in [0.2, 0.25) is 5.15 Å². The minimum Gasteiger partial charge on any atom is -0.236 e. The largest absolute Gasteiger partial charge is 0.236 e. The highest BCUT2D eigenvalue weighted by Crippen LogP contribution is 2.36. The molecule has 1 atom stereocenters. The molecule has 0 saturated carbocycles. The summed E-state index contributed by atoms with van der Waals surface area (Å²) >= 11 is 8.20. The molecule has 0 N–H and O–H groups in total. The van der Waals surface area contributed by atoms with Gasteiger partial charge >= 0.3 is 0 Å². The van der Waals surface area contributed by atoms with Crippen molar-refractivity contribution in [2.24, 2.45) is 0 Å². The SMILES string of the molecule is Clc1nc(C2CCc3ccccc3C2)nc2c1CSC2. The number of nitrogens with zero attached hydrogens (tertiary/aromatic N) is 2. The average Bonchev–Trinajstić information content (AvgIpc) is 2.96. The van der Waals surface area contributed by atoms with Crippen LogP contribution in [-0.2, 0) is 24.3 Å². The van der Waals surface area contributed by atoms with Crippen molar-refractivity contribution in [3.8, 4) is 0 Å². The molecule has 102 valence electrons. The van der Waals surface area contributed by atoms with Crippen molar-refractivity contribution in [1.82, 2.24) is 9.97 Å². The molecule has 0 spiro atoms. The fraction of sp³-hybridized carbons (Fsp3) is 0.375. The zero-order chi connectivity index (χ0) is 13.5. The Hall–Kier alpha value is -1.06. The summed E-state index contributed by atoms with van der Waals surface area (Å²) in [5.74, 6) is 3.31. The van der Waals surface area contributed by atoms with Crippen molar-refractivity contribution in [2.75, 3.05) is 0 Å². The number of hydrogen-bond acceptors (Lipinski definition) is 3. The lowest BCUT2D eigenvalue weighted by atomic mass is 9.83. The molecule has 1 aromatic carbocycles. The van der Waals surface area contributed by atoms with E-state index < -0.39 is 0 Å². The van der Waals surface area contributed by atoms with Crippen molar-refractivity contribution in [1.29, 1.82) is 0 Å². The average molecular weight is 303 g/mol. The summed E-state index contributed by atoms with van der Waals surface area (Å²) in [6.45, 7) is 0. The van der Waals surface area contributed by atoms with Crippen LogP contribution < -0.4 is 0 Å². The smallest absolute Gasteiger partial charge is 0.137 e. The molecule has 4 heteroatoms. The van der Waals surface area contributed by atoms with Crippen LogP contribution in [0.4, 0.5) is 0 Å². The number of aromatic nitrogens is 2. The second-order valence-corrected chi connectivity index (χ2v) is 6.84. The lowest BCUT2D eigenvalue weighted by molar-refractivity contribution is 0.553. The summed E-state index contributed by atoms with van der Waals surface area (Å²) in [5.41, 5.74) is 5.23. The lowest BCUT2D eigenvalue weighted by Crippen LogP contribution is -2.16. The molecule has 0 saturated heterocycles. The first kappa shape index (κ1) is 12.7. The van der Waals surface area contributed by atoms with Crippen molar-refractivity contribution in [3.05, 3.63) is 57.6 Å². The molecule has 1 aromatic heterocycles. The number of hydrogen-bond donors (Lipinski definition) is 0. The number of benzene rings is 1. The molecule has 1 unspecified atom stereocenters. The molecule has 4 rings (SSSR count). The van der Waals surface area contributed by atoms with Gasteiger partial charge in [-0.2, -0.15) is 11.8 Å². The number of rotatable bonds is 1. The molecule has 1 aliphatic carbocycles. The van der Waals surface area contributed by atoms with Crippen molar-refractivity contribution >= 4 is 23.4 Å². The van der Waals surface area contributed by atoms with Gasteiger partial charge in [0.15, 0.2) is 0 Å². The van der Waals surface area contributed by atoms with Crippen molar-refractivity contribution < 1.29 is 0 Å². The van der Waals surface area contributed by atoms with Gasteiger partial charge in [-0.3, -0.25) is 0 Å². The highest BCUT2D eigenvalue weighted by molar-refractivity contribution is 7.98. The van der Waals surface area contributed by atoms with E-state index in [0.29, 0.717) is 11.1 Å². The van der Waals surface area contributed by atoms with Gasteiger partial charge < -0.3 is 0 Å². The summed E-state index contributed by atoms with van der Waals surface area (Å²) in [5, 5.41) is 0.675. The third-order valence-corrected chi connectivity index (χ3v) is 5.54. The Morgan fingerprint density at radius 2 is 1.95 bits per heavy atom. The summed E-state index contributed by atoms with van der Waals surface area (Å²) in [6.07, 6.45) is 3.28. The molecular weight excluding hydrogens is 288 g/mol. The Kier molecular flexibility index (Phi) is 3.20. The maximum Gasteiger partial charge on any atom is 0.137 e. The quantitative estimate of drug-likeness (QED) is 0.740. The van der Waals surface area contributed by atoms with Crippen LogP contribution in [0.25, 0.3) is 0 Å². The third kappa shape index (κ3) is 2.13. The van der Waals surface area contributed by atoms with Gasteiger partial charge in [0.05, 0.1) is 5.69 Å². The Bertz CT molecular complexity index is 672. The molecular formula is C16H15ClN2S. The van der Waals surface area contributed by atoms with E-state index in [1.807, 2.05) is 11.8 Å². The number of aryl methyl sites for hydroxylation is 1. The summed E-state index contributed by atoms with van der Waals surface area (Å²) in [4.78, 5) is 9.38. The fourth-order valence-electron chi connectivity index (χ4n) is 3.13. The Balaban J connectivity index is 1.68. The second kappa shape index (κ2) is 5.05. The minimum atomic E-state index is 0.415.